The van der Waals surface area contributed by atoms with Crippen molar-refractivity contribution in [2.45, 2.75) is 26.6 Å². The molecule has 21 heavy (non-hydrogen) atoms. The third kappa shape index (κ3) is 4.36. The number of ether oxygens (including phenoxy) is 2. The van der Waals surface area contributed by atoms with Gasteiger partial charge >= 0.3 is 5.97 Å². The van der Waals surface area contributed by atoms with Crippen molar-refractivity contribution < 1.29 is 18.5 Å². The summed E-state index contributed by atoms with van der Waals surface area (Å²) in [5.41, 5.74) is 0.823. The van der Waals surface area contributed by atoms with Crippen LogP contribution in [-0.4, -0.2) is 24.9 Å². The first-order chi connectivity index (χ1) is 9.83. The largest absolute Gasteiger partial charge is 0.391 e. The second-order valence-corrected chi connectivity index (χ2v) is 6.97. The van der Waals surface area contributed by atoms with Gasteiger partial charge in [0.25, 0.3) is 0 Å². The van der Waals surface area contributed by atoms with E-state index in [1.54, 1.807) is 12.1 Å². The molecule has 1 aromatic rings. The number of benzene rings is 1. The van der Waals surface area contributed by atoms with Gasteiger partial charge in [0, 0.05) is 22.9 Å². The van der Waals surface area contributed by atoms with Crippen molar-refractivity contribution in [3.8, 4) is 0 Å². The summed E-state index contributed by atoms with van der Waals surface area (Å²) >= 11 is 6.96. The van der Waals surface area contributed by atoms with E-state index in [1.807, 2.05) is 12.1 Å². The maximum atomic E-state index is 10.9. The highest BCUT2D eigenvalue weighted by atomic mass is 35.5. The number of hydrogen-bond acceptors (Lipinski definition) is 5. The summed E-state index contributed by atoms with van der Waals surface area (Å²) in [4.78, 5) is 10.9. The van der Waals surface area contributed by atoms with E-state index >= 15 is 0 Å². The Balaban J connectivity index is 2.18. The molecule has 0 bridgehead atoms. The molecule has 116 valence electrons. The van der Waals surface area contributed by atoms with Crippen LogP contribution in [-0.2, 0) is 24.2 Å². The Morgan fingerprint density at radius 1 is 1.29 bits per heavy atom. The average Bonchev–Trinajstić information content (AvgIpc) is 2.42. The van der Waals surface area contributed by atoms with Crippen LogP contribution < -0.4 is 0 Å². The molecule has 2 rings (SSSR count). The minimum Gasteiger partial charge on any atom is -0.391 e. The molecule has 4 nitrogen and oxygen atoms in total. The number of hydrogen-bond donors (Lipinski definition) is 0. The number of carbonyl (C=O) groups excluding carboxylic acids is 1. The van der Waals surface area contributed by atoms with E-state index in [0.29, 0.717) is 24.0 Å². The molecule has 0 amide bonds. The van der Waals surface area contributed by atoms with Crippen LogP contribution in [0.3, 0.4) is 0 Å². The van der Waals surface area contributed by atoms with E-state index in [0.717, 1.165) is 17.6 Å². The fourth-order valence-corrected chi connectivity index (χ4v) is 2.77. The lowest BCUT2D eigenvalue weighted by molar-refractivity contribution is -0.295. The van der Waals surface area contributed by atoms with Crippen molar-refractivity contribution in [1.82, 2.24) is 0 Å². The van der Waals surface area contributed by atoms with Gasteiger partial charge in [0.1, 0.15) is 0 Å². The van der Waals surface area contributed by atoms with E-state index in [9.17, 15) is 4.79 Å². The first-order valence-electron chi connectivity index (χ1n) is 6.67. The summed E-state index contributed by atoms with van der Waals surface area (Å²) in [5, 5.41) is 0.651. The molecule has 0 unspecified atom stereocenters. The fourth-order valence-electron chi connectivity index (χ4n) is 1.93. The van der Waals surface area contributed by atoms with Gasteiger partial charge in [0.05, 0.1) is 31.0 Å². The van der Waals surface area contributed by atoms with Gasteiger partial charge in [-0.25, -0.2) is 0 Å². The molecule has 6 heteroatoms. The van der Waals surface area contributed by atoms with Crippen LogP contribution >= 0.6 is 23.6 Å². The zero-order chi connectivity index (χ0) is 15.5. The first-order valence-corrected chi connectivity index (χ1v) is 7.96. The van der Waals surface area contributed by atoms with Gasteiger partial charge < -0.3 is 13.7 Å². The maximum Gasteiger partial charge on any atom is 0.314 e. The Bertz CT molecular complexity index is 491. The van der Waals surface area contributed by atoms with E-state index in [2.05, 4.69) is 13.8 Å². The Kier molecular flexibility index (Phi) is 5.20. The van der Waals surface area contributed by atoms with Crippen LogP contribution in [0.25, 0.3) is 0 Å². The normalized spacial score (nSPS) is 20.0. The standard InChI is InChI=1S/C15H19ClO4S/c1-11(17)20-21-10-15(12-4-6-13(16)7-5-12)18-8-14(2,3)9-19-15/h4-7H,8-10H2,1-3H3. The van der Waals surface area contributed by atoms with Crippen molar-refractivity contribution in [3.63, 3.8) is 0 Å². The van der Waals surface area contributed by atoms with Crippen molar-refractivity contribution in [3.05, 3.63) is 34.9 Å². The lowest BCUT2D eigenvalue weighted by Gasteiger charge is -2.43. The smallest absolute Gasteiger partial charge is 0.314 e. The molecule has 0 spiro atoms. The van der Waals surface area contributed by atoms with Gasteiger partial charge in [-0.1, -0.05) is 37.6 Å². The summed E-state index contributed by atoms with van der Waals surface area (Å²) in [7, 11) is 0. The Morgan fingerprint density at radius 2 is 1.86 bits per heavy atom. The van der Waals surface area contributed by atoms with Crippen molar-refractivity contribution in [2.24, 2.45) is 5.41 Å². The maximum absolute atomic E-state index is 10.9. The molecule has 0 aliphatic carbocycles. The van der Waals surface area contributed by atoms with Crippen LogP contribution in [0.4, 0.5) is 0 Å². The van der Waals surface area contributed by atoms with Gasteiger partial charge in [-0.3, -0.25) is 4.79 Å². The zero-order valence-corrected chi connectivity index (χ0v) is 13.9. The number of rotatable bonds is 4. The third-order valence-corrected chi connectivity index (χ3v) is 4.20. The second-order valence-electron chi connectivity index (χ2n) is 5.84. The number of carbonyl (C=O) groups is 1. The minimum atomic E-state index is -0.916. The Labute approximate surface area is 134 Å². The summed E-state index contributed by atoms with van der Waals surface area (Å²) in [6.45, 7) is 6.66. The van der Waals surface area contributed by atoms with Crippen LogP contribution in [0, 0.1) is 5.41 Å². The fraction of sp³-hybridized carbons (Fsp3) is 0.533. The molecule has 1 saturated heterocycles. The molecule has 0 N–H and O–H groups in total. The molecule has 0 saturated carbocycles. The molecule has 0 radical (unpaired) electrons. The molecule has 1 aliphatic rings. The van der Waals surface area contributed by atoms with E-state index in [1.165, 1.54) is 6.92 Å². The molecule has 1 fully saturated rings. The summed E-state index contributed by atoms with van der Waals surface area (Å²) in [6, 6.07) is 7.33. The van der Waals surface area contributed by atoms with Crippen LogP contribution in [0.1, 0.15) is 26.3 Å². The topological polar surface area (TPSA) is 44.8 Å². The highest BCUT2D eigenvalue weighted by Crippen LogP contribution is 2.39. The van der Waals surface area contributed by atoms with Crippen molar-refractivity contribution >= 4 is 29.6 Å². The minimum absolute atomic E-state index is 0.0397. The third-order valence-electron chi connectivity index (χ3n) is 3.10. The second kappa shape index (κ2) is 6.57. The lowest BCUT2D eigenvalue weighted by atomic mass is 9.93. The predicted octanol–water partition coefficient (Wildman–Crippen LogP) is 3.78. The lowest BCUT2D eigenvalue weighted by Crippen LogP contribution is -2.47. The van der Waals surface area contributed by atoms with Gasteiger partial charge in [0.15, 0.2) is 0 Å². The quantitative estimate of drug-likeness (QED) is 0.786. The van der Waals surface area contributed by atoms with Gasteiger partial charge in [-0.15, -0.1) is 0 Å². The van der Waals surface area contributed by atoms with Crippen LogP contribution in [0.2, 0.25) is 5.02 Å². The highest BCUT2D eigenvalue weighted by Gasteiger charge is 2.42. The molecular weight excluding hydrogens is 312 g/mol. The Morgan fingerprint density at radius 3 is 2.38 bits per heavy atom. The molecule has 1 heterocycles. The summed E-state index contributed by atoms with van der Waals surface area (Å²) < 4.78 is 17.0. The Hall–Kier alpha value is -0.750. The molecule has 1 aromatic carbocycles. The predicted molar refractivity (Wildman–Crippen MR) is 83.0 cm³/mol. The highest BCUT2D eigenvalue weighted by molar-refractivity contribution is 7.95. The van der Waals surface area contributed by atoms with Gasteiger partial charge in [0.2, 0.25) is 5.79 Å². The van der Waals surface area contributed by atoms with Crippen LogP contribution in [0.5, 0.6) is 0 Å². The number of halogens is 1. The van der Waals surface area contributed by atoms with Crippen molar-refractivity contribution in [2.75, 3.05) is 19.0 Å². The van der Waals surface area contributed by atoms with E-state index in [-0.39, 0.29) is 11.4 Å². The van der Waals surface area contributed by atoms with Gasteiger partial charge in [-0.05, 0) is 12.1 Å². The van der Waals surface area contributed by atoms with E-state index in [4.69, 9.17) is 25.3 Å². The molecule has 0 atom stereocenters. The van der Waals surface area contributed by atoms with Crippen LogP contribution in [0.15, 0.2) is 24.3 Å². The van der Waals surface area contributed by atoms with E-state index < -0.39 is 5.79 Å². The summed E-state index contributed by atoms with van der Waals surface area (Å²) in [5.74, 6) is -0.896. The average molecular weight is 331 g/mol. The van der Waals surface area contributed by atoms with Crippen molar-refractivity contribution in [1.29, 1.82) is 0 Å². The molecular formula is C15H19ClO4S. The molecule has 0 aromatic heterocycles. The molecule has 1 aliphatic heterocycles. The monoisotopic (exact) mass is 330 g/mol. The SMILES string of the molecule is CC(=O)OSCC1(c2ccc(Cl)cc2)OCC(C)(C)CO1. The summed E-state index contributed by atoms with van der Waals surface area (Å²) in [6.07, 6.45) is 0. The van der Waals surface area contributed by atoms with Gasteiger partial charge in [-0.2, -0.15) is 0 Å². The first kappa shape index (κ1) is 16.6. The zero-order valence-electron chi connectivity index (χ0n) is 12.3.